The highest BCUT2D eigenvalue weighted by molar-refractivity contribution is 7.89. The molecule has 2 fully saturated rings. The van der Waals surface area contributed by atoms with Crippen molar-refractivity contribution >= 4 is 33.2 Å². The molecule has 0 aliphatic carbocycles. The van der Waals surface area contributed by atoms with Crippen LogP contribution < -0.4 is 9.80 Å². The Labute approximate surface area is 184 Å². The SMILES string of the molecule is CN(C)S(=O)(=O)c1ccc2c(c1)N(CC(=O)N1CCCCCC1)C(=O)[C@H]1CCCCN21. The minimum Gasteiger partial charge on any atom is -0.358 e. The molecule has 0 spiro atoms. The van der Waals surface area contributed by atoms with Gasteiger partial charge in [-0.3, -0.25) is 14.5 Å². The number of fused-ring (bicyclic) bond motifs is 3. The fraction of sp³-hybridized carbons (Fsp3) is 0.636. The summed E-state index contributed by atoms with van der Waals surface area (Å²) < 4.78 is 26.6. The molecule has 0 N–H and O–H groups in total. The maximum Gasteiger partial charge on any atom is 0.250 e. The Bertz CT molecular complexity index is 954. The highest BCUT2D eigenvalue weighted by Gasteiger charge is 2.41. The van der Waals surface area contributed by atoms with Crippen LogP contribution in [0.25, 0.3) is 0 Å². The number of carbonyl (C=O) groups is 2. The lowest BCUT2D eigenvalue weighted by Gasteiger charge is -2.45. The third-order valence-electron chi connectivity index (χ3n) is 6.63. The predicted octanol–water partition coefficient (Wildman–Crippen LogP) is 2.04. The summed E-state index contributed by atoms with van der Waals surface area (Å²) in [6.07, 6.45) is 6.94. The van der Waals surface area contributed by atoms with Gasteiger partial charge in [0.25, 0.3) is 0 Å². The number of sulfonamides is 1. The summed E-state index contributed by atoms with van der Waals surface area (Å²) in [5.74, 6) is -0.166. The van der Waals surface area contributed by atoms with Crippen LogP contribution in [0.2, 0.25) is 0 Å². The Kier molecular flexibility index (Phi) is 6.25. The average molecular weight is 449 g/mol. The number of rotatable bonds is 4. The second-order valence-electron chi connectivity index (χ2n) is 8.86. The van der Waals surface area contributed by atoms with Gasteiger partial charge >= 0.3 is 0 Å². The molecular weight excluding hydrogens is 416 g/mol. The van der Waals surface area contributed by atoms with Crippen LogP contribution in [0.4, 0.5) is 11.4 Å². The van der Waals surface area contributed by atoms with Crippen molar-refractivity contribution in [2.45, 2.75) is 55.9 Å². The van der Waals surface area contributed by atoms with Gasteiger partial charge in [-0.05, 0) is 50.3 Å². The van der Waals surface area contributed by atoms with E-state index in [1.807, 2.05) is 4.90 Å². The molecule has 170 valence electrons. The molecule has 3 heterocycles. The average Bonchev–Trinajstić information content (AvgIpc) is 3.05. The van der Waals surface area contributed by atoms with Gasteiger partial charge in [-0.15, -0.1) is 0 Å². The molecule has 3 aliphatic rings. The molecule has 4 rings (SSSR count). The summed E-state index contributed by atoms with van der Waals surface area (Å²) in [7, 11) is -0.678. The summed E-state index contributed by atoms with van der Waals surface area (Å²) in [5, 5.41) is 0. The number of nitrogens with zero attached hydrogens (tertiary/aromatic N) is 4. The summed E-state index contributed by atoms with van der Waals surface area (Å²) >= 11 is 0. The molecule has 0 bridgehead atoms. The van der Waals surface area contributed by atoms with E-state index >= 15 is 0 Å². The molecule has 0 unspecified atom stereocenters. The zero-order chi connectivity index (χ0) is 22.2. The van der Waals surface area contributed by atoms with Gasteiger partial charge in [-0.2, -0.15) is 0 Å². The van der Waals surface area contributed by atoms with Crippen molar-refractivity contribution in [2.24, 2.45) is 0 Å². The maximum absolute atomic E-state index is 13.5. The van der Waals surface area contributed by atoms with Crippen molar-refractivity contribution in [1.82, 2.24) is 9.21 Å². The smallest absolute Gasteiger partial charge is 0.250 e. The Morgan fingerprint density at radius 3 is 2.35 bits per heavy atom. The van der Waals surface area contributed by atoms with E-state index in [9.17, 15) is 18.0 Å². The number of hydrogen-bond donors (Lipinski definition) is 0. The molecule has 0 radical (unpaired) electrons. The lowest BCUT2D eigenvalue weighted by atomic mass is 9.96. The van der Waals surface area contributed by atoms with E-state index < -0.39 is 10.0 Å². The number of carbonyl (C=O) groups excluding carboxylic acids is 2. The number of amides is 2. The minimum absolute atomic E-state index is 0.0400. The molecule has 1 atom stereocenters. The lowest BCUT2D eigenvalue weighted by molar-refractivity contribution is -0.131. The van der Waals surface area contributed by atoms with Crippen molar-refractivity contribution in [3.63, 3.8) is 0 Å². The van der Waals surface area contributed by atoms with Gasteiger partial charge in [0.05, 0.1) is 16.3 Å². The van der Waals surface area contributed by atoms with Crippen molar-refractivity contribution in [3.8, 4) is 0 Å². The van der Waals surface area contributed by atoms with Crippen LogP contribution in [0, 0.1) is 0 Å². The topological polar surface area (TPSA) is 81.2 Å². The third kappa shape index (κ3) is 4.17. The van der Waals surface area contributed by atoms with E-state index in [1.165, 1.54) is 19.0 Å². The molecule has 3 aliphatic heterocycles. The van der Waals surface area contributed by atoms with Crippen LogP contribution in [-0.2, 0) is 19.6 Å². The first kappa shape index (κ1) is 22.1. The molecule has 8 nitrogen and oxygen atoms in total. The number of benzene rings is 1. The number of hydrogen-bond acceptors (Lipinski definition) is 5. The Morgan fingerprint density at radius 2 is 1.68 bits per heavy atom. The van der Waals surface area contributed by atoms with E-state index in [2.05, 4.69) is 4.90 Å². The van der Waals surface area contributed by atoms with Gasteiger partial charge in [-0.25, -0.2) is 12.7 Å². The quantitative estimate of drug-likeness (QED) is 0.704. The monoisotopic (exact) mass is 448 g/mol. The Balaban J connectivity index is 1.72. The fourth-order valence-electron chi connectivity index (χ4n) is 4.83. The van der Waals surface area contributed by atoms with Gasteiger partial charge in [0.15, 0.2) is 0 Å². The van der Waals surface area contributed by atoms with Crippen molar-refractivity contribution < 1.29 is 18.0 Å². The summed E-state index contributed by atoms with van der Waals surface area (Å²) in [6, 6.07) is 4.67. The van der Waals surface area contributed by atoms with Crippen molar-refractivity contribution in [3.05, 3.63) is 18.2 Å². The molecule has 9 heteroatoms. The third-order valence-corrected chi connectivity index (χ3v) is 8.44. The first-order valence-corrected chi connectivity index (χ1v) is 12.7. The van der Waals surface area contributed by atoms with Gasteiger partial charge in [-0.1, -0.05) is 12.8 Å². The lowest BCUT2D eigenvalue weighted by Crippen LogP contribution is -2.57. The summed E-state index contributed by atoms with van der Waals surface area (Å²) in [4.78, 5) is 32.2. The Hall–Kier alpha value is -2.13. The number of anilines is 2. The number of likely N-dealkylation sites (tertiary alicyclic amines) is 1. The van der Waals surface area contributed by atoms with Crippen LogP contribution in [0.1, 0.15) is 44.9 Å². The van der Waals surface area contributed by atoms with Gasteiger partial charge in [0, 0.05) is 33.7 Å². The molecule has 1 aromatic rings. The first-order chi connectivity index (χ1) is 14.8. The molecule has 31 heavy (non-hydrogen) atoms. The van der Waals surface area contributed by atoms with Gasteiger partial charge in [0.1, 0.15) is 12.6 Å². The summed E-state index contributed by atoms with van der Waals surface area (Å²) in [6.45, 7) is 2.16. The summed E-state index contributed by atoms with van der Waals surface area (Å²) in [5.41, 5.74) is 1.36. The number of piperidine rings is 1. The van der Waals surface area contributed by atoms with Crippen LogP contribution >= 0.6 is 0 Å². The zero-order valence-corrected chi connectivity index (χ0v) is 19.2. The molecule has 0 aromatic heterocycles. The van der Waals surface area contributed by atoms with E-state index in [4.69, 9.17) is 0 Å². The highest BCUT2D eigenvalue weighted by Crippen LogP contribution is 2.41. The Morgan fingerprint density at radius 1 is 1.00 bits per heavy atom. The highest BCUT2D eigenvalue weighted by atomic mass is 32.2. The van der Waals surface area contributed by atoms with Crippen LogP contribution in [0.3, 0.4) is 0 Å². The normalized spacial score (nSPS) is 22.2. The fourth-order valence-corrected chi connectivity index (χ4v) is 5.75. The standard InChI is InChI=1S/C22H32N4O4S/c1-23(2)31(29,30)17-10-11-18-20(15-17)26(22(28)19-9-5-8-14-25(18)19)16-21(27)24-12-6-3-4-7-13-24/h10-11,15,19H,3-9,12-14,16H2,1-2H3/t19-/m1/s1. The van der Waals surface area contributed by atoms with Crippen molar-refractivity contribution in [1.29, 1.82) is 0 Å². The molecule has 1 aromatic carbocycles. The first-order valence-electron chi connectivity index (χ1n) is 11.2. The van der Waals surface area contributed by atoms with Gasteiger partial charge in [0.2, 0.25) is 21.8 Å². The van der Waals surface area contributed by atoms with Crippen LogP contribution in [-0.4, -0.2) is 75.8 Å². The second-order valence-corrected chi connectivity index (χ2v) is 11.0. The van der Waals surface area contributed by atoms with E-state index in [1.54, 1.807) is 18.2 Å². The van der Waals surface area contributed by atoms with E-state index in [0.29, 0.717) is 5.69 Å². The largest absolute Gasteiger partial charge is 0.358 e. The molecule has 0 saturated carbocycles. The zero-order valence-electron chi connectivity index (χ0n) is 18.4. The molecule has 2 saturated heterocycles. The van der Waals surface area contributed by atoms with Crippen LogP contribution in [0.5, 0.6) is 0 Å². The van der Waals surface area contributed by atoms with Crippen molar-refractivity contribution in [2.75, 3.05) is 50.1 Å². The van der Waals surface area contributed by atoms with E-state index in [0.717, 1.165) is 74.6 Å². The molecule has 2 amide bonds. The predicted molar refractivity (Wildman–Crippen MR) is 120 cm³/mol. The van der Waals surface area contributed by atoms with E-state index in [-0.39, 0.29) is 29.3 Å². The van der Waals surface area contributed by atoms with Gasteiger partial charge < -0.3 is 9.80 Å². The maximum atomic E-state index is 13.5. The minimum atomic E-state index is -3.65. The van der Waals surface area contributed by atoms with Crippen LogP contribution in [0.15, 0.2) is 23.1 Å². The molecular formula is C22H32N4O4S. The second kappa shape index (κ2) is 8.78.